The summed E-state index contributed by atoms with van der Waals surface area (Å²) in [5.74, 6) is -0.294. The van der Waals surface area contributed by atoms with Crippen molar-refractivity contribution in [2.24, 2.45) is 0 Å². The molecule has 0 unspecified atom stereocenters. The number of carbonyl (C=O) groups excluding carboxylic acids is 1. The first-order chi connectivity index (χ1) is 8.22. The van der Waals surface area contributed by atoms with Crippen molar-refractivity contribution >= 4 is 5.97 Å². The Morgan fingerprint density at radius 3 is 2.71 bits per heavy atom. The summed E-state index contributed by atoms with van der Waals surface area (Å²) in [7, 11) is 0. The Kier molecular flexibility index (Phi) is 5.86. The van der Waals surface area contributed by atoms with Crippen molar-refractivity contribution in [3.63, 3.8) is 0 Å². The zero-order valence-electron chi connectivity index (χ0n) is 10.4. The van der Waals surface area contributed by atoms with Crippen LogP contribution >= 0.6 is 0 Å². The maximum Gasteiger partial charge on any atom is 0.332 e. The van der Waals surface area contributed by atoms with Crippen LogP contribution in [0.1, 0.15) is 19.4 Å². The molecule has 1 N–H and O–H groups in total. The number of ether oxygens (including phenoxy) is 1. The Morgan fingerprint density at radius 2 is 2.06 bits per heavy atom. The van der Waals surface area contributed by atoms with Crippen molar-refractivity contribution in [2.45, 2.75) is 20.3 Å². The van der Waals surface area contributed by atoms with Crippen LogP contribution in [0.3, 0.4) is 0 Å². The Labute approximate surface area is 102 Å². The van der Waals surface area contributed by atoms with Gasteiger partial charge in [-0.1, -0.05) is 30.3 Å². The fourth-order valence-corrected chi connectivity index (χ4v) is 1.46. The lowest BCUT2D eigenvalue weighted by Crippen LogP contribution is -2.16. The van der Waals surface area contributed by atoms with Crippen molar-refractivity contribution in [3.05, 3.63) is 47.7 Å². The van der Waals surface area contributed by atoms with Gasteiger partial charge in [0.1, 0.15) is 0 Å². The minimum Gasteiger partial charge on any atom is -0.463 e. The zero-order chi connectivity index (χ0) is 12.5. The maximum atomic E-state index is 11.1. The van der Waals surface area contributed by atoms with Crippen molar-refractivity contribution in [2.75, 3.05) is 13.2 Å². The van der Waals surface area contributed by atoms with Gasteiger partial charge in [-0.05, 0) is 25.8 Å². The van der Waals surface area contributed by atoms with E-state index in [0.29, 0.717) is 6.61 Å². The van der Waals surface area contributed by atoms with Gasteiger partial charge in [-0.25, -0.2) is 4.79 Å². The van der Waals surface area contributed by atoms with Crippen molar-refractivity contribution in [3.8, 4) is 0 Å². The van der Waals surface area contributed by atoms with Gasteiger partial charge in [0.05, 0.1) is 6.61 Å². The molecule has 0 saturated carbocycles. The average molecular weight is 233 g/mol. The quantitative estimate of drug-likeness (QED) is 0.605. The molecule has 0 aliphatic heterocycles. The molecule has 0 amide bonds. The van der Waals surface area contributed by atoms with Crippen molar-refractivity contribution in [1.82, 2.24) is 5.32 Å². The zero-order valence-corrected chi connectivity index (χ0v) is 10.4. The predicted molar refractivity (Wildman–Crippen MR) is 68.5 cm³/mol. The monoisotopic (exact) mass is 233 g/mol. The lowest BCUT2D eigenvalue weighted by molar-refractivity contribution is -0.137. The molecule has 0 spiro atoms. The summed E-state index contributed by atoms with van der Waals surface area (Å²) in [4.78, 5) is 11.1. The molecular formula is C14H19NO2. The highest BCUT2D eigenvalue weighted by Crippen LogP contribution is 1.99. The standard InChI is InChI=1S/C14H19NO2/c1-3-17-14(16)11-12(2)15-10-9-13-7-5-4-6-8-13/h4-8,11,15H,3,9-10H2,1-2H3/b12-11+. The first kappa shape index (κ1) is 13.3. The van der Waals surface area contributed by atoms with E-state index < -0.39 is 0 Å². The van der Waals surface area contributed by atoms with Crippen LogP contribution in [0.15, 0.2) is 42.1 Å². The molecule has 3 nitrogen and oxygen atoms in total. The Morgan fingerprint density at radius 1 is 1.35 bits per heavy atom. The van der Waals surface area contributed by atoms with E-state index in [4.69, 9.17) is 4.74 Å². The summed E-state index contributed by atoms with van der Waals surface area (Å²) in [6, 6.07) is 10.2. The van der Waals surface area contributed by atoms with E-state index in [1.165, 1.54) is 11.6 Å². The van der Waals surface area contributed by atoms with Crippen molar-refractivity contribution < 1.29 is 9.53 Å². The smallest absolute Gasteiger partial charge is 0.332 e. The van der Waals surface area contributed by atoms with Gasteiger partial charge in [0.25, 0.3) is 0 Å². The molecule has 3 heteroatoms. The number of hydrogen-bond acceptors (Lipinski definition) is 3. The number of esters is 1. The summed E-state index contributed by atoms with van der Waals surface area (Å²) in [6.45, 7) is 4.88. The third-order valence-electron chi connectivity index (χ3n) is 2.28. The van der Waals surface area contributed by atoms with Crippen LogP contribution in [-0.4, -0.2) is 19.1 Å². The lowest BCUT2D eigenvalue weighted by atomic mass is 10.1. The third kappa shape index (κ3) is 5.76. The first-order valence-electron chi connectivity index (χ1n) is 5.85. The molecule has 17 heavy (non-hydrogen) atoms. The maximum absolute atomic E-state index is 11.1. The van der Waals surface area contributed by atoms with E-state index in [0.717, 1.165) is 18.7 Å². The summed E-state index contributed by atoms with van der Waals surface area (Å²) in [5.41, 5.74) is 2.11. The second-order valence-corrected chi connectivity index (χ2v) is 3.74. The molecule has 0 aromatic heterocycles. The molecule has 0 bridgehead atoms. The fourth-order valence-electron chi connectivity index (χ4n) is 1.46. The van der Waals surface area contributed by atoms with Gasteiger partial charge in [-0.2, -0.15) is 0 Å². The molecule has 0 aliphatic rings. The first-order valence-corrected chi connectivity index (χ1v) is 5.85. The van der Waals surface area contributed by atoms with E-state index >= 15 is 0 Å². The number of nitrogens with one attached hydrogen (secondary N) is 1. The molecule has 1 aromatic rings. The Hall–Kier alpha value is -1.77. The molecule has 1 rings (SSSR count). The summed E-state index contributed by atoms with van der Waals surface area (Å²) in [5, 5.41) is 3.18. The highest BCUT2D eigenvalue weighted by Gasteiger charge is 1.97. The van der Waals surface area contributed by atoms with Gasteiger partial charge < -0.3 is 10.1 Å². The molecule has 0 radical (unpaired) electrons. The summed E-state index contributed by atoms with van der Waals surface area (Å²) < 4.78 is 4.82. The molecule has 0 saturated heterocycles. The SMILES string of the molecule is CCOC(=O)/C=C(\C)NCCc1ccccc1. The summed E-state index contributed by atoms with van der Waals surface area (Å²) in [6.07, 6.45) is 2.42. The number of allylic oxidation sites excluding steroid dienone is 1. The third-order valence-corrected chi connectivity index (χ3v) is 2.28. The van der Waals surface area contributed by atoms with Crippen LogP contribution in [0.4, 0.5) is 0 Å². The van der Waals surface area contributed by atoms with Gasteiger partial charge in [0.15, 0.2) is 0 Å². The highest BCUT2D eigenvalue weighted by molar-refractivity contribution is 5.82. The van der Waals surface area contributed by atoms with Crippen LogP contribution < -0.4 is 5.32 Å². The molecule has 92 valence electrons. The molecular weight excluding hydrogens is 214 g/mol. The molecule has 1 aromatic carbocycles. The minimum absolute atomic E-state index is 0.294. The highest BCUT2D eigenvalue weighted by atomic mass is 16.5. The number of carbonyl (C=O) groups is 1. The van der Waals surface area contributed by atoms with Gasteiger partial charge in [-0.15, -0.1) is 0 Å². The second-order valence-electron chi connectivity index (χ2n) is 3.74. The normalized spacial score (nSPS) is 11.1. The van der Waals surface area contributed by atoms with Crippen LogP contribution in [0.5, 0.6) is 0 Å². The van der Waals surface area contributed by atoms with Gasteiger partial charge in [0.2, 0.25) is 0 Å². The fraction of sp³-hybridized carbons (Fsp3) is 0.357. The average Bonchev–Trinajstić information content (AvgIpc) is 2.30. The van der Waals surface area contributed by atoms with Crippen LogP contribution in [0.25, 0.3) is 0 Å². The van der Waals surface area contributed by atoms with E-state index in [1.807, 2.05) is 25.1 Å². The minimum atomic E-state index is -0.294. The topological polar surface area (TPSA) is 38.3 Å². The van der Waals surface area contributed by atoms with Gasteiger partial charge in [0, 0.05) is 18.3 Å². The van der Waals surface area contributed by atoms with Crippen LogP contribution in [-0.2, 0) is 16.0 Å². The van der Waals surface area contributed by atoms with Crippen LogP contribution in [0.2, 0.25) is 0 Å². The molecule has 0 atom stereocenters. The molecule has 0 fully saturated rings. The van der Waals surface area contributed by atoms with Gasteiger partial charge in [-0.3, -0.25) is 0 Å². The van der Waals surface area contributed by atoms with E-state index in [-0.39, 0.29) is 5.97 Å². The Bertz CT molecular complexity index is 371. The van der Waals surface area contributed by atoms with Crippen molar-refractivity contribution in [1.29, 1.82) is 0 Å². The molecule has 0 aliphatic carbocycles. The number of benzene rings is 1. The van der Waals surface area contributed by atoms with E-state index in [1.54, 1.807) is 6.92 Å². The Balaban J connectivity index is 2.29. The van der Waals surface area contributed by atoms with Crippen LogP contribution in [0, 0.1) is 0 Å². The predicted octanol–water partition coefficient (Wildman–Crippen LogP) is 2.29. The van der Waals surface area contributed by atoms with E-state index in [2.05, 4.69) is 17.4 Å². The van der Waals surface area contributed by atoms with Gasteiger partial charge >= 0.3 is 5.97 Å². The number of rotatable bonds is 6. The largest absolute Gasteiger partial charge is 0.463 e. The number of hydrogen-bond donors (Lipinski definition) is 1. The summed E-state index contributed by atoms with van der Waals surface area (Å²) >= 11 is 0. The lowest BCUT2D eigenvalue weighted by Gasteiger charge is -2.06. The van der Waals surface area contributed by atoms with E-state index in [9.17, 15) is 4.79 Å². The second kappa shape index (κ2) is 7.49. The molecule has 0 heterocycles.